The molecule has 136 valence electrons. The largest absolute Gasteiger partial charge is 0.319 e. The monoisotopic (exact) mass is 339 g/mol. The van der Waals surface area contributed by atoms with Crippen LogP contribution in [0.2, 0.25) is 0 Å². The molecule has 0 radical (unpaired) electrons. The van der Waals surface area contributed by atoms with E-state index in [1.54, 1.807) is 0 Å². The topological polar surface area (TPSA) is 15.3 Å². The molecule has 0 bridgehead atoms. The van der Waals surface area contributed by atoms with Crippen LogP contribution in [0.3, 0.4) is 0 Å². The lowest BCUT2D eigenvalue weighted by atomic mass is 9.81. The summed E-state index contributed by atoms with van der Waals surface area (Å²) in [5.74, 6) is 1.73. The van der Waals surface area contributed by atoms with Crippen LogP contribution in [0.4, 0.5) is 0 Å². The molecule has 1 N–H and O–H groups in total. The van der Waals surface area contributed by atoms with Crippen LogP contribution < -0.4 is 5.32 Å². The molecule has 0 unspecified atom stereocenters. The Labute approximate surface area is 154 Å². The second-order valence-corrected chi connectivity index (χ2v) is 7.59. The summed E-state index contributed by atoms with van der Waals surface area (Å²) in [6.07, 6.45) is 5.53. The number of hydrogen-bond acceptors (Lipinski definition) is 2. The molecule has 2 aromatic carbocycles. The fourth-order valence-corrected chi connectivity index (χ4v) is 4.14. The van der Waals surface area contributed by atoms with Gasteiger partial charge in [0.15, 0.2) is 0 Å². The number of nitrogens with zero attached hydrogens (tertiary/aromatic N) is 1. The molecule has 2 heteroatoms. The Kier molecular flexibility index (Phi) is 7.08. The molecule has 0 spiro atoms. The van der Waals surface area contributed by atoms with Gasteiger partial charge in [0.05, 0.1) is 0 Å². The first kappa shape index (κ1) is 18.2. The summed E-state index contributed by atoms with van der Waals surface area (Å²) in [7, 11) is 2.08. The Morgan fingerprint density at radius 3 is 1.76 bits per heavy atom. The van der Waals surface area contributed by atoms with Crippen LogP contribution in [0.25, 0.3) is 0 Å². The lowest BCUT2D eigenvalue weighted by Gasteiger charge is -2.33. The predicted molar refractivity (Wildman–Crippen MR) is 108 cm³/mol. The highest BCUT2D eigenvalue weighted by Gasteiger charge is 2.22. The van der Waals surface area contributed by atoms with E-state index in [1.165, 1.54) is 49.9 Å². The van der Waals surface area contributed by atoms with Gasteiger partial charge in [-0.2, -0.15) is 0 Å². The maximum Gasteiger partial charge on any atom is 0.0237 e. The first-order valence-corrected chi connectivity index (χ1v) is 9.78. The molecule has 0 atom stereocenters. The van der Waals surface area contributed by atoms with E-state index in [0.717, 1.165) is 24.9 Å². The van der Waals surface area contributed by atoms with Gasteiger partial charge in [0.25, 0.3) is 0 Å². The number of hydrogen-bond donors (Lipinski definition) is 1. The van der Waals surface area contributed by atoms with Gasteiger partial charge in [-0.1, -0.05) is 60.7 Å². The molecule has 25 heavy (non-hydrogen) atoms. The van der Waals surface area contributed by atoms with E-state index in [4.69, 9.17) is 0 Å². The minimum Gasteiger partial charge on any atom is -0.319 e. The van der Waals surface area contributed by atoms with Gasteiger partial charge in [-0.15, -0.1) is 0 Å². The van der Waals surface area contributed by atoms with Crippen molar-refractivity contribution in [3.63, 3.8) is 0 Å². The van der Waals surface area contributed by atoms with E-state index in [9.17, 15) is 0 Å². The average molecular weight is 340 g/mol. The molecule has 0 heterocycles. The third-order valence-electron chi connectivity index (χ3n) is 5.47. The van der Waals surface area contributed by atoms with Crippen molar-refractivity contribution >= 4 is 0 Å². The lowest BCUT2D eigenvalue weighted by molar-refractivity contribution is 0.168. The van der Waals surface area contributed by atoms with Crippen LogP contribution in [-0.2, 0) is 13.1 Å². The molecule has 2 aromatic rings. The molecule has 0 aromatic heterocycles. The highest BCUT2D eigenvalue weighted by atomic mass is 15.1. The predicted octanol–water partition coefficient (Wildman–Crippen LogP) is 4.96. The Morgan fingerprint density at radius 2 is 1.28 bits per heavy atom. The van der Waals surface area contributed by atoms with Crippen molar-refractivity contribution in [1.29, 1.82) is 0 Å². The molecule has 0 saturated heterocycles. The van der Waals surface area contributed by atoms with E-state index in [2.05, 4.69) is 77.9 Å². The minimum absolute atomic E-state index is 0. The molecule has 0 aliphatic heterocycles. The zero-order chi connectivity index (χ0) is 17.3. The zero-order valence-corrected chi connectivity index (χ0v) is 15.5. The fraction of sp³-hybridized carbons (Fsp3) is 0.478. The highest BCUT2D eigenvalue weighted by Crippen LogP contribution is 2.29. The molecule has 1 saturated carbocycles. The van der Waals surface area contributed by atoms with Crippen molar-refractivity contribution in [2.75, 3.05) is 20.1 Å². The molecule has 1 aliphatic carbocycles. The van der Waals surface area contributed by atoms with E-state index in [1.807, 2.05) is 0 Å². The molecular weight excluding hydrogens is 304 g/mol. The fourth-order valence-electron chi connectivity index (χ4n) is 4.14. The standard InChI is InChI=1S/C23H32N2.H2/c1-24-16-20-12-14-23(15-13-20)19-25(17-21-8-4-2-5-9-21)18-22-10-6-3-7-11-22;/h2-11,20,23-24H,12-19H2,1H3;1H/i;1+1. The van der Waals surface area contributed by atoms with Gasteiger partial charge >= 0.3 is 0 Å². The van der Waals surface area contributed by atoms with Crippen molar-refractivity contribution < 1.29 is 1.43 Å². The second kappa shape index (κ2) is 9.74. The number of nitrogens with one attached hydrogen (secondary N) is 1. The maximum atomic E-state index is 3.35. The van der Waals surface area contributed by atoms with Gasteiger partial charge in [0.1, 0.15) is 0 Å². The van der Waals surface area contributed by atoms with Gasteiger partial charge in [0, 0.05) is 21.1 Å². The minimum atomic E-state index is 0. The summed E-state index contributed by atoms with van der Waals surface area (Å²) in [6, 6.07) is 21.8. The van der Waals surface area contributed by atoms with E-state index in [-0.39, 0.29) is 1.43 Å². The van der Waals surface area contributed by atoms with Crippen LogP contribution in [-0.4, -0.2) is 25.0 Å². The van der Waals surface area contributed by atoms with Crippen molar-refractivity contribution in [2.24, 2.45) is 11.8 Å². The Balaban J connectivity index is 0.00000243. The first-order valence-electron chi connectivity index (χ1n) is 9.78. The Morgan fingerprint density at radius 1 is 0.800 bits per heavy atom. The van der Waals surface area contributed by atoms with Crippen molar-refractivity contribution in [1.82, 2.24) is 10.2 Å². The quantitative estimate of drug-likeness (QED) is 0.731. The number of benzene rings is 2. The van der Waals surface area contributed by atoms with E-state index >= 15 is 0 Å². The smallest absolute Gasteiger partial charge is 0.0237 e. The molecule has 3 rings (SSSR count). The van der Waals surface area contributed by atoms with Crippen LogP contribution in [0.5, 0.6) is 0 Å². The van der Waals surface area contributed by atoms with Crippen LogP contribution in [0.1, 0.15) is 38.2 Å². The molecule has 1 aliphatic rings. The Bertz CT molecular complexity index is 553. The van der Waals surface area contributed by atoms with Crippen LogP contribution in [0, 0.1) is 11.8 Å². The normalized spacial score (nSPS) is 20.7. The molecule has 2 nitrogen and oxygen atoms in total. The summed E-state index contributed by atoms with van der Waals surface area (Å²) in [4.78, 5) is 2.65. The Hall–Kier alpha value is -1.64. The molecule has 1 fully saturated rings. The zero-order valence-electron chi connectivity index (χ0n) is 15.5. The van der Waals surface area contributed by atoms with Gasteiger partial charge < -0.3 is 5.32 Å². The third-order valence-corrected chi connectivity index (χ3v) is 5.47. The highest BCUT2D eigenvalue weighted by molar-refractivity contribution is 5.17. The van der Waals surface area contributed by atoms with Gasteiger partial charge in [-0.3, -0.25) is 4.90 Å². The van der Waals surface area contributed by atoms with Gasteiger partial charge in [-0.05, 0) is 62.2 Å². The lowest BCUT2D eigenvalue weighted by Crippen LogP contribution is -2.32. The first-order chi connectivity index (χ1) is 12.3. The van der Waals surface area contributed by atoms with Crippen molar-refractivity contribution in [2.45, 2.75) is 38.8 Å². The van der Waals surface area contributed by atoms with Crippen LogP contribution >= 0.6 is 0 Å². The SMILES string of the molecule is CNCC1CCC(CN(Cc2ccccc2)Cc2ccccc2)CC1.[2HH]. The van der Waals surface area contributed by atoms with Gasteiger partial charge in [-0.25, -0.2) is 0 Å². The van der Waals surface area contributed by atoms with Crippen LogP contribution in [0.15, 0.2) is 60.7 Å². The van der Waals surface area contributed by atoms with Crippen molar-refractivity contribution in [3.05, 3.63) is 71.8 Å². The molecule has 0 amide bonds. The maximum absolute atomic E-state index is 3.35. The van der Waals surface area contributed by atoms with E-state index in [0.29, 0.717) is 0 Å². The van der Waals surface area contributed by atoms with Crippen molar-refractivity contribution in [3.8, 4) is 0 Å². The second-order valence-electron chi connectivity index (χ2n) is 7.59. The number of rotatable bonds is 8. The molecular formula is C23H34N2. The van der Waals surface area contributed by atoms with Gasteiger partial charge in [0.2, 0.25) is 0 Å². The summed E-state index contributed by atoms with van der Waals surface area (Å²) >= 11 is 0. The average Bonchev–Trinajstić information content (AvgIpc) is 2.65. The summed E-state index contributed by atoms with van der Waals surface area (Å²) in [5, 5.41) is 3.35. The summed E-state index contributed by atoms with van der Waals surface area (Å²) in [6.45, 7) is 4.50. The summed E-state index contributed by atoms with van der Waals surface area (Å²) < 4.78 is 0. The van der Waals surface area contributed by atoms with E-state index < -0.39 is 0 Å². The third kappa shape index (κ3) is 5.98. The summed E-state index contributed by atoms with van der Waals surface area (Å²) in [5.41, 5.74) is 2.84.